The quantitative estimate of drug-likeness (QED) is 0.779. The average molecular weight is 339 g/mol. The van der Waals surface area contributed by atoms with Gasteiger partial charge in [0.1, 0.15) is 0 Å². The van der Waals surface area contributed by atoms with Crippen molar-refractivity contribution in [3.05, 3.63) is 65.2 Å². The Morgan fingerprint density at radius 1 is 1.28 bits per heavy atom. The van der Waals surface area contributed by atoms with E-state index in [1.54, 1.807) is 29.2 Å². The molecule has 0 spiro atoms. The summed E-state index contributed by atoms with van der Waals surface area (Å²) in [6, 6.07) is 14.3. The van der Waals surface area contributed by atoms with Crippen molar-refractivity contribution >= 4 is 17.6 Å². The van der Waals surface area contributed by atoms with Crippen LogP contribution in [-0.4, -0.2) is 36.7 Å². The van der Waals surface area contributed by atoms with Gasteiger partial charge in [0.05, 0.1) is 6.10 Å². The number of urea groups is 1. The molecule has 1 aliphatic rings. The van der Waals surface area contributed by atoms with Crippen molar-refractivity contribution in [3.63, 3.8) is 0 Å². The summed E-state index contributed by atoms with van der Waals surface area (Å²) in [6.45, 7) is 3.27. The van der Waals surface area contributed by atoms with Gasteiger partial charge in [0.25, 0.3) is 5.91 Å². The maximum Gasteiger partial charge on any atom is 0.321 e. The van der Waals surface area contributed by atoms with Gasteiger partial charge in [0.2, 0.25) is 0 Å². The fourth-order valence-corrected chi connectivity index (χ4v) is 2.73. The molecule has 2 aromatic rings. The molecule has 0 saturated carbocycles. The molecule has 6 heteroatoms. The third-order valence-corrected chi connectivity index (χ3v) is 4.19. The molecule has 0 aliphatic carbocycles. The lowest BCUT2D eigenvalue weighted by Gasteiger charge is -2.16. The predicted molar refractivity (Wildman–Crippen MR) is 95.7 cm³/mol. The van der Waals surface area contributed by atoms with Crippen LogP contribution < -0.4 is 15.5 Å². The van der Waals surface area contributed by atoms with E-state index in [4.69, 9.17) is 0 Å². The van der Waals surface area contributed by atoms with Gasteiger partial charge in [-0.3, -0.25) is 9.69 Å². The van der Waals surface area contributed by atoms with Gasteiger partial charge in [-0.15, -0.1) is 0 Å². The summed E-state index contributed by atoms with van der Waals surface area (Å²) >= 11 is 0. The number of aliphatic hydroxyl groups excluding tert-OH is 1. The van der Waals surface area contributed by atoms with E-state index in [1.165, 1.54) is 0 Å². The number of aliphatic hydroxyl groups is 1. The number of carbonyl (C=O) groups excluding carboxylic acids is 2. The summed E-state index contributed by atoms with van der Waals surface area (Å²) < 4.78 is 0. The predicted octanol–water partition coefficient (Wildman–Crippen LogP) is 1.99. The van der Waals surface area contributed by atoms with Crippen LogP contribution in [0, 0.1) is 6.92 Å². The van der Waals surface area contributed by atoms with Crippen molar-refractivity contribution in [3.8, 4) is 0 Å². The molecule has 0 bridgehead atoms. The van der Waals surface area contributed by atoms with E-state index in [0.29, 0.717) is 24.3 Å². The van der Waals surface area contributed by atoms with Gasteiger partial charge in [-0.25, -0.2) is 4.79 Å². The number of hydrogen-bond donors (Lipinski definition) is 3. The van der Waals surface area contributed by atoms with Gasteiger partial charge in [-0.05, 0) is 30.7 Å². The van der Waals surface area contributed by atoms with Gasteiger partial charge in [0.15, 0.2) is 0 Å². The van der Waals surface area contributed by atoms with Crippen LogP contribution in [-0.2, 0) is 0 Å². The Morgan fingerprint density at radius 3 is 2.72 bits per heavy atom. The fraction of sp³-hybridized carbons (Fsp3) is 0.263. The lowest BCUT2D eigenvalue weighted by molar-refractivity contribution is 0.0916. The first kappa shape index (κ1) is 17.0. The molecule has 1 atom stereocenters. The van der Waals surface area contributed by atoms with Crippen LogP contribution in [0.15, 0.2) is 48.5 Å². The van der Waals surface area contributed by atoms with Crippen LogP contribution in [0.1, 0.15) is 27.6 Å². The van der Waals surface area contributed by atoms with Crippen molar-refractivity contribution in [1.29, 1.82) is 0 Å². The summed E-state index contributed by atoms with van der Waals surface area (Å²) in [4.78, 5) is 25.7. The molecule has 0 unspecified atom stereocenters. The number of aryl methyl sites for hydroxylation is 1. The van der Waals surface area contributed by atoms with E-state index in [9.17, 15) is 14.7 Å². The molecule has 130 valence electrons. The summed E-state index contributed by atoms with van der Waals surface area (Å²) in [5.74, 6) is -0.285. The summed E-state index contributed by atoms with van der Waals surface area (Å²) in [7, 11) is 0. The van der Waals surface area contributed by atoms with Gasteiger partial charge < -0.3 is 15.7 Å². The number of nitrogens with one attached hydrogen (secondary N) is 2. The molecule has 1 saturated heterocycles. The Labute approximate surface area is 146 Å². The van der Waals surface area contributed by atoms with Crippen molar-refractivity contribution in [2.24, 2.45) is 0 Å². The highest BCUT2D eigenvalue weighted by Crippen LogP contribution is 2.18. The zero-order valence-electron chi connectivity index (χ0n) is 14.0. The van der Waals surface area contributed by atoms with Gasteiger partial charge in [-0.1, -0.05) is 35.9 Å². The van der Waals surface area contributed by atoms with E-state index < -0.39 is 6.10 Å². The van der Waals surface area contributed by atoms with Crippen LogP contribution >= 0.6 is 0 Å². The van der Waals surface area contributed by atoms with Gasteiger partial charge in [0, 0.05) is 30.9 Å². The van der Waals surface area contributed by atoms with Gasteiger partial charge >= 0.3 is 6.03 Å². The first-order valence-electron chi connectivity index (χ1n) is 8.23. The van der Waals surface area contributed by atoms with E-state index in [-0.39, 0.29) is 18.5 Å². The van der Waals surface area contributed by atoms with E-state index in [1.807, 2.05) is 31.2 Å². The summed E-state index contributed by atoms with van der Waals surface area (Å²) in [5.41, 5.74) is 3.01. The average Bonchev–Trinajstić information content (AvgIpc) is 3.06. The number of benzene rings is 2. The molecule has 3 N–H and O–H groups in total. The van der Waals surface area contributed by atoms with Crippen LogP contribution in [0.3, 0.4) is 0 Å². The molecule has 6 nitrogen and oxygen atoms in total. The fourth-order valence-electron chi connectivity index (χ4n) is 2.73. The number of anilines is 1. The minimum absolute atomic E-state index is 0.121. The van der Waals surface area contributed by atoms with Crippen LogP contribution in [0.4, 0.5) is 10.5 Å². The number of hydrogen-bond acceptors (Lipinski definition) is 3. The van der Waals surface area contributed by atoms with Crippen LogP contribution in [0.25, 0.3) is 0 Å². The third-order valence-electron chi connectivity index (χ3n) is 4.19. The van der Waals surface area contributed by atoms with Crippen LogP contribution in [0.5, 0.6) is 0 Å². The summed E-state index contributed by atoms with van der Waals surface area (Å²) in [5, 5.41) is 15.7. The zero-order chi connectivity index (χ0) is 17.8. The molecule has 3 rings (SSSR count). The number of carbonyl (C=O) groups is 2. The Kier molecular flexibility index (Phi) is 5.00. The van der Waals surface area contributed by atoms with E-state index >= 15 is 0 Å². The molecule has 3 amide bonds. The molecule has 1 heterocycles. The Morgan fingerprint density at radius 2 is 2.04 bits per heavy atom. The second-order valence-corrected chi connectivity index (χ2v) is 6.07. The molecule has 0 aromatic heterocycles. The SMILES string of the molecule is Cc1ccc([C@@H](O)CNC(=O)c2cccc(N3CCNC3=O)c2)cc1. The highest BCUT2D eigenvalue weighted by molar-refractivity contribution is 5.98. The van der Waals surface area contributed by atoms with Crippen molar-refractivity contribution in [2.75, 3.05) is 24.5 Å². The number of rotatable bonds is 5. The maximum atomic E-state index is 12.3. The van der Waals surface area contributed by atoms with Crippen molar-refractivity contribution < 1.29 is 14.7 Å². The largest absolute Gasteiger partial charge is 0.387 e. The molecule has 25 heavy (non-hydrogen) atoms. The van der Waals surface area contributed by atoms with Crippen LogP contribution in [0.2, 0.25) is 0 Å². The molecule has 0 radical (unpaired) electrons. The molecular weight excluding hydrogens is 318 g/mol. The number of amides is 3. The van der Waals surface area contributed by atoms with Gasteiger partial charge in [-0.2, -0.15) is 0 Å². The standard InChI is InChI=1S/C19H21N3O3/c1-13-5-7-14(8-6-13)17(23)12-21-18(24)15-3-2-4-16(11-15)22-10-9-20-19(22)25/h2-8,11,17,23H,9-10,12H2,1H3,(H,20,25)(H,21,24)/t17-/m0/s1. The Balaban J connectivity index is 1.63. The molecule has 2 aromatic carbocycles. The highest BCUT2D eigenvalue weighted by atomic mass is 16.3. The van der Waals surface area contributed by atoms with E-state index in [0.717, 1.165) is 11.1 Å². The van der Waals surface area contributed by atoms with E-state index in [2.05, 4.69) is 10.6 Å². The Hall–Kier alpha value is -2.86. The Bertz CT molecular complexity index is 774. The van der Waals surface area contributed by atoms with Crippen molar-refractivity contribution in [1.82, 2.24) is 10.6 Å². The lowest BCUT2D eigenvalue weighted by atomic mass is 10.1. The minimum atomic E-state index is -0.767. The topological polar surface area (TPSA) is 81.7 Å². The molecular formula is C19H21N3O3. The third kappa shape index (κ3) is 3.97. The molecule has 1 fully saturated rings. The smallest absolute Gasteiger partial charge is 0.321 e. The zero-order valence-corrected chi connectivity index (χ0v) is 14.0. The summed E-state index contributed by atoms with van der Waals surface area (Å²) in [6.07, 6.45) is -0.767. The second kappa shape index (κ2) is 7.36. The number of nitrogens with zero attached hydrogens (tertiary/aromatic N) is 1. The second-order valence-electron chi connectivity index (χ2n) is 6.07. The highest BCUT2D eigenvalue weighted by Gasteiger charge is 2.21. The normalized spacial score (nSPS) is 15.0. The maximum absolute atomic E-state index is 12.3. The minimum Gasteiger partial charge on any atom is -0.387 e. The monoisotopic (exact) mass is 339 g/mol. The van der Waals surface area contributed by atoms with Crippen molar-refractivity contribution in [2.45, 2.75) is 13.0 Å². The first-order chi connectivity index (χ1) is 12.0. The lowest BCUT2D eigenvalue weighted by Crippen LogP contribution is -2.30. The first-order valence-corrected chi connectivity index (χ1v) is 8.23. The molecule has 1 aliphatic heterocycles.